The van der Waals surface area contributed by atoms with Crippen molar-refractivity contribution in [1.29, 1.82) is 0 Å². The zero-order chi connectivity index (χ0) is 16.6. The number of aromatic nitrogens is 4. The summed E-state index contributed by atoms with van der Waals surface area (Å²) < 4.78 is 40.4. The van der Waals surface area contributed by atoms with Crippen LogP contribution in [0.3, 0.4) is 0 Å². The Morgan fingerprint density at radius 1 is 1.22 bits per heavy atom. The molecule has 1 aromatic carbocycles. The van der Waals surface area contributed by atoms with Crippen molar-refractivity contribution in [2.24, 2.45) is 0 Å². The molecule has 10 heteroatoms. The summed E-state index contributed by atoms with van der Waals surface area (Å²) in [5.41, 5.74) is 0.560. The number of thioether (sulfide) groups is 1. The molecule has 0 bridgehead atoms. The largest absolute Gasteiger partial charge is 0.452 e. The van der Waals surface area contributed by atoms with Crippen LogP contribution in [0, 0.1) is 0 Å². The molecule has 3 rings (SSSR count). The number of hydrogen-bond donors (Lipinski definition) is 2. The Balaban J connectivity index is 2.22. The number of fused-ring (bicyclic) bond motifs is 3. The number of hydrogen-bond acceptors (Lipinski definition) is 6. The number of rotatable bonds is 4. The van der Waals surface area contributed by atoms with Crippen molar-refractivity contribution in [3.63, 3.8) is 0 Å². The summed E-state index contributed by atoms with van der Waals surface area (Å²) >= 11 is 1.01. The van der Waals surface area contributed by atoms with E-state index in [1.165, 1.54) is 6.07 Å². The lowest BCUT2D eigenvalue weighted by Gasteiger charge is -2.10. The summed E-state index contributed by atoms with van der Waals surface area (Å²) in [5, 5.41) is 25.3. The molecule has 2 N–H and O–H groups in total. The molecule has 2 heterocycles. The van der Waals surface area contributed by atoms with Crippen molar-refractivity contribution in [3.8, 4) is 0 Å². The van der Waals surface area contributed by atoms with Crippen LogP contribution in [0.25, 0.3) is 16.7 Å². The minimum atomic E-state index is -4.66. The molecule has 0 radical (unpaired) electrons. The van der Waals surface area contributed by atoms with Gasteiger partial charge in [0.2, 0.25) is 5.82 Å². The van der Waals surface area contributed by atoms with Gasteiger partial charge in [0.25, 0.3) is 0 Å². The second-order valence-electron chi connectivity index (χ2n) is 4.73. The van der Waals surface area contributed by atoms with E-state index in [9.17, 15) is 18.3 Å². The Bertz CT molecular complexity index is 852. The molecule has 3 aromatic rings. The smallest absolute Gasteiger partial charge is 0.394 e. The highest BCUT2D eigenvalue weighted by Gasteiger charge is 2.38. The Kier molecular flexibility index (Phi) is 4.13. The van der Waals surface area contributed by atoms with Gasteiger partial charge in [0.05, 0.1) is 23.7 Å². The fourth-order valence-corrected chi connectivity index (χ4v) is 2.95. The van der Waals surface area contributed by atoms with Gasteiger partial charge in [0.1, 0.15) is 5.03 Å². The van der Waals surface area contributed by atoms with Crippen molar-refractivity contribution in [3.05, 3.63) is 30.1 Å². The molecule has 0 amide bonds. The average Bonchev–Trinajstić information content (AvgIpc) is 2.97. The Labute approximate surface area is 132 Å². The zero-order valence-corrected chi connectivity index (χ0v) is 12.3. The minimum absolute atomic E-state index is 0.0360. The van der Waals surface area contributed by atoms with Crippen LogP contribution >= 0.6 is 11.8 Å². The second-order valence-corrected chi connectivity index (χ2v) is 5.74. The molecule has 0 aliphatic carbocycles. The van der Waals surface area contributed by atoms with E-state index in [0.717, 1.165) is 16.2 Å². The molecule has 6 nitrogen and oxygen atoms in total. The van der Waals surface area contributed by atoms with E-state index in [2.05, 4.69) is 15.2 Å². The standard InChI is InChI=1S/C13H11F3N4O2S/c14-13(15,16)12-19-18-10-11(23-6-7(22)5-21)17-8-3-1-2-4-9(8)20(10)12/h1-4,7,21-22H,5-6H2. The Morgan fingerprint density at radius 2 is 1.96 bits per heavy atom. The number of benzene rings is 1. The zero-order valence-electron chi connectivity index (χ0n) is 11.5. The first-order valence-corrected chi connectivity index (χ1v) is 7.53. The first-order chi connectivity index (χ1) is 10.9. The van der Waals surface area contributed by atoms with Crippen LogP contribution in [0.2, 0.25) is 0 Å². The number of alkyl halides is 3. The molecule has 1 atom stereocenters. The average molecular weight is 344 g/mol. The van der Waals surface area contributed by atoms with Crippen molar-refractivity contribution in [2.45, 2.75) is 17.3 Å². The van der Waals surface area contributed by atoms with E-state index in [0.29, 0.717) is 5.52 Å². The summed E-state index contributed by atoms with van der Waals surface area (Å²) in [6.07, 6.45) is -5.66. The summed E-state index contributed by atoms with van der Waals surface area (Å²) in [6.45, 7) is -0.447. The van der Waals surface area contributed by atoms with Crippen LogP contribution in [0.1, 0.15) is 5.82 Å². The van der Waals surface area contributed by atoms with Gasteiger partial charge < -0.3 is 10.2 Å². The minimum Gasteiger partial charge on any atom is -0.394 e. The first kappa shape index (κ1) is 16.0. The Morgan fingerprint density at radius 3 is 2.65 bits per heavy atom. The molecule has 2 aromatic heterocycles. The molecule has 0 aliphatic heterocycles. The fraction of sp³-hybridized carbons (Fsp3) is 0.308. The van der Waals surface area contributed by atoms with Gasteiger partial charge in [-0.25, -0.2) is 4.98 Å². The van der Waals surface area contributed by atoms with Gasteiger partial charge >= 0.3 is 6.18 Å². The van der Waals surface area contributed by atoms with Gasteiger partial charge in [0, 0.05) is 5.75 Å². The maximum atomic E-state index is 13.2. The van der Waals surface area contributed by atoms with E-state index in [1.54, 1.807) is 18.2 Å². The normalized spacial score (nSPS) is 13.8. The summed E-state index contributed by atoms with van der Waals surface area (Å²) in [4.78, 5) is 4.28. The van der Waals surface area contributed by atoms with E-state index in [4.69, 9.17) is 5.11 Å². The molecule has 122 valence electrons. The number of halogens is 3. The lowest BCUT2D eigenvalue weighted by Crippen LogP contribution is -2.15. The number of para-hydroxylation sites is 2. The van der Waals surface area contributed by atoms with Crippen LogP contribution < -0.4 is 0 Å². The van der Waals surface area contributed by atoms with Gasteiger partial charge in [0.15, 0.2) is 5.65 Å². The Hall–Kier alpha value is -1.91. The lowest BCUT2D eigenvalue weighted by molar-refractivity contribution is -0.145. The van der Waals surface area contributed by atoms with Crippen LogP contribution in [0.5, 0.6) is 0 Å². The molecule has 0 aliphatic rings. The van der Waals surface area contributed by atoms with Crippen LogP contribution in [0.15, 0.2) is 29.3 Å². The maximum absolute atomic E-state index is 13.2. The third kappa shape index (κ3) is 2.96. The maximum Gasteiger partial charge on any atom is 0.452 e. The molecular weight excluding hydrogens is 333 g/mol. The molecule has 0 saturated heterocycles. The van der Waals surface area contributed by atoms with Crippen LogP contribution in [0.4, 0.5) is 13.2 Å². The summed E-state index contributed by atoms with van der Waals surface area (Å²) in [6, 6.07) is 6.36. The molecule has 1 unspecified atom stereocenters. The third-order valence-electron chi connectivity index (χ3n) is 3.08. The first-order valence-electron chi connectivity index (χ1n) is 6.54. The van der Waals surface area contributed by atoms with E-state index in [-0.39, 0.29) is 21.9 Å². The van der Waals surface area contributed by atoms with E-state index >= 15 is 0 Å². The third-order valence-corrected chi connectivity index (χ3v) is 4.17. The van der Waals surface area contributed by atoms with E-state index < -0.39 is 24.7 Å². The molecule has 0 saturated carbocycles. The highest BCUT2D eigenvalue weighted by atomic mass is 32.2. The van der Waals surface area contributed by atoms with Gasteiger partial charge in [-0.2, -0.15) is 13.2 Å². The van der Waals surface area contributed by atoms with Crippen LogP contribution in [-0.4, -0.2) is 48.3 Å². The highest BCUT2D eigenvalue weighted by molar-refractivity contribution is 7.99. The van der Waals surface area contributed by atoms with Crippen LogP contribution in [-0.2, 0) is 6.18 Å². The monoisotopic (exact) mass is 344 g/mol. The van der Waals surface area contributed by atoms with Gasteiger partial charge in [-0.1, -0.05) is 23.9 Å². The van der Waals surface area contributed by atoms with E-state index in [1.807, 2.05) is 0 Å². The highest BCUT2D eigenvalue weighted by Crippen LogP contribution is 2.32. The van der Waals surface area contributed by atoms with Crippen molar-refractivity contribution >= 4 is 28.4 Å². The van der Waals surface area contributed by atoms with Gasteiger partial charge in [-0.3, -0.25) is 4.40 Å². The SMILES string of the molecule is OCC(O)CSc1nc2ccccc2n2c(C(F)(F)F)nnc12. The number of nitrogens with zero attached hydrogens (tertiary/aromatic N) is 4. The quantitative estimate of drug-likeness (QED) is 0.702. The van der Waals surface area contributed by atoms with Crippen molar-refractivity contribution in [1.82, 2.24) is 19.6 Å². The number of aliphatic hydroxyl groups excluding tert-OH is 2. The summed E-state index contributed by atoms with van der Waals surface area (Å²) in [5.74, 6) is -1.05. The van der Waals surface area contributed by atoms with Crippen molar-refractivity contribution in [2.75, 3.05) is 12.4 Å². The molecule has 0 spiro atoms. The number of aliphatic hydroxyl groups is 2. The summed E-state index contributed by atoms with van der Waals surface area (Å²) in [7, 11) is 0. The topological polar surface area (TPSA) is 83.5 Å². The lowest BCUT2D eigenvalue weighted by atomic mass is 10.3. The predicted molar refractivity (Wildman–Crippen MR) is 77.1 cm³/mol. The second kappa shape index (κ2) is 5.95. The van der Waals surface area contributed by atoms with Crippen molar-refractivity contribution < 1.29 is 23.4 Å². The molecule has 0 fully saturated rings. The van der Waals surface area contributed by atoms with Gasteiger partial charge in [-0.15, -0.1) is 10.2 Å². The predicted octanol–water partition coefficient (Wildman–Crippen LogP) is 1.74. The molecule has 23 heavy (non-hydrogen) atoms. The fourth-order valence-electron chi connectivity index (χ4n) is 2.07. The van der Waals surface area contributed by atoms with Gasteiger partial charge in [-0.05, 0) is 12.1 Å². The molecular formula is C13H11F3N4O2S.